The molecule has 0 aromatic heterocycles. The highest BCUT2D eigenvalue weighted by Crippen LogP contribution is 2.18. The highest BCUT2D eigenvalue weighted by molar-refractivity contribution is 5.71. The summed E-state index contributed by atoms with van der Waals surface area (Å²) in [5.41, 5.74) is 0. The number of ether oxygens (including phenoxy) is 3. The van der Waals surface area contributed by atoms with Crippen LogP contribution in [0.2, 0.25) is 0 Å². The summed E-state index contributed by atoms with van der Waals surface area (Å²) >= 11 is 0. The topological polar surface area (TPSA) is 78.9 Å². The van der Waals surface area contributed by atoms with Crippen molar-refractivity contribution in [2.24, 2.45) is 0 Å². The number of hydrogen-bond acceptors (Lipinski definition) is 6. The van der Waals surface area contributed by atoms with Gasteiger partial charge in [0.15, 0.2) is 6.10 Å². The first-order valence-corrected chi connectivity index (χ1v) is 31.2. The summed E-state index contributed by atoms with van der Waals surface area (Å²) in [5.74, 6) is -0.858. The van der Waals surface area contributed by atoms with E-state index in [2.05, 4.69) is 32.9 Å². The smallest absolute Gasteiger partial charge is 0.306 e. The van der Waals surface area contributed by atoms with Crippen LogP contribution in [0.4, 0.5) is 0 Å². The Hall–Kier alpha value is -1.85. The van der Waals surface area contributed by atoms with Gasteiger partial charge in [0.1, 0.15) is 13.2 Å². The van der Waals surface area contributed by atoms with Gasteiger partial charge in [-0.15, -0.1) is 0 Å². The van der Waals surface area contributed by atoms with Crippen molar-refractivity contribution in [3.05, 3.63) is 12.2 Å². The van der Waals surface area contributed by atoms with Gasteiger partial charge in [-0.2, -0.15) is 0 Å². The van der Waals surface area contributed by atoms with E-state index in [1.807, 2.05) is 0 Å². The molecule has 6 heteroatoms. The van der Waals surface area contributed by atoms with Crippen LogP contribution in [0.1, 0.15) is 355 Å². The molecule has 0 saturated carbocycles. The number of rotatable bonds is 58. The Bertz CT molecular complexity index is 1070. The summed E-state index contributed by atoms with van der Waals surface area (Å²) in [5, 5.41) is 0. The molecule has 0 radical (unpaired) electrons. The third kappa shape index (κ3) is 56.9. The predicted octanol–water partition coefficient (Wildman–Crippen LogP) is 20.9. The van der Waals surface area contributed by atoms with Crippen molar-refractivity contribution in [3.8, 4) is 0 Å². The van der Waals surface area contributed by atoms with Crippen LogP contribution in [0.25, 0.3) is 0 Å². The molecule has 0 aliphatic carbocycles. The van der Waals surface area contributed by atoms with E-state index in [-0.39, 0.29) is 31.1 Å². The fraction of sp³-hybridized carbons (Fsp3) is 0.921. The van der Waals surface area contributed by atoms with Gasteiger partial charge in [0.25, 0.3) is 0 Å². The Morgan fingerprint density at radius 1 is 0.275 bits per heavy atom. The van der Waals surface area contributed by atoms with E-state index in [9.17, 15) is 14.4 Å². The van der Waals surface area contributed by atoms with Crippen LogP contribution in [-0.2, 0) is 28.6 Å². The van der Waals surface area contributed by atoms with Gasteiger partial charge in [-0.1, -0.05) is 309 Å². The van der Waals surface area contributed by atoms with Crippen molar-refractivity contribution in [2.75, 3.05) is 13.2 Å². The summed E-state index contributed by atoms with van der Waals surface area (Å²) in [6.45, 7) is 6.62. The standard InChI is InChI=1S/C63H120O6/c1-4-7-10-13-16-19-22-23-24-25-26-27-28-29-30-31-32-33-34-35-36-37-38-39-40-42-44-47-50-53-56-62(65)68-59-60(58-67-61(64)55-52-49-46-43-21-18-15-12-9-6-3)69-63(66)57-54-51-48-45-41-20-17-14-11-8-5-2/h12,15,60H,4-11,13-14,16-59H2,1-3H3/b15-12-. The maximum atomic E-state index is 12.8. The first kappa shape index (κ1) is 67.1. The van der Waals surface area contributed by atoms with Crippen LogP contribution < -0.4 is 0 Å². The molecule has 0 amide bonds. The van der Waals surface area contributed by atoms with Crippen LogP contribution in [0, 0.1) is 0 Å². The molecule has 0 aromatic carbocycles. The van der Waals surface area contributed by atoms with Crippen LogP contribution in [0.5, 0.6) is 0 Å². The zero-order valence-electron chi connectivity index (χ0n) is 46.9. The molecule has 69 heavy (non-hydrogen) atoms. The van der Waals surface area contributed by atoms with Crippen molar-refractivity contribution in [1.29, 1.82) is 0 Å². The van der Waals surface area contributed by atoms with Gasteiger partial charge in [-0.05, 0) is 38.5 Å². The minimum Gasteiger partial charge on any atom is -0.462 e. The van der Waals surface area contributed by atoms with Crippen LogP contribution in [0.15, 0.2) is 12.2 Å². The van der Waals surface area contributed by atoms with E-state index >= 15 is 0 Å². The average molecular weight is 974 g/mol. The van der Waals surface area contributed by atoms with E-state index in [1.165, 1.54) is 244 Å². The number of unbranched alkanes of at least 4 members (excludes halogenated alkanes) is 45. The molecule has 1 unspecified atom stereocenters. The molecular weight excluding hydrogens is 853 g/mol. The lowest BCUT2D eigenvalue weighted by Gasteiger charge is -2.18. The summed E-state index contributed by atoms with van der Waals surface area (Å²) in [4.78, 5) is 38.0. The van der Waals surface area contributed by atoms with Crippen molar-refractivity contribution in [2.45, 2.75) is 361 Å². The van der Waals surface area contributed by atoms with Gasteiger partial charge < -0.3 is 14.2 Å². The number of esters is 3. The number of carbonyl (C=O) groups is 3. The van der Waals surface area contributed by atoms with E-state index in [1.54, 1.807) is 0 Å². The maximum absolute atomic E-state index is 12.8. The van der Waals surface area contributed by atoms with E-state index in [0.29, 0.717) is 19.3 Å². The summed E-state index contributed by atoms with van der Waals surface area (Å²) in [7, 11) is 0. The minimum absolute atomic E-state index is 0.0671. The van der Waals surface area contributed by atoms with Crippen molar-refractivity contribution < 1.29 is 28.6 Å². The normalized spacial score (nSPS) is 12.0. The highest BCUT2D eigenvalue weighted by Gasteiger charge is 2.19. The lowest BCUT2D eigenvalue weighted by Crippen LogP contribution is -2.30. The van der Waals surface area contributed by atoms with Gasteiger partial charge in [0, 0.05) is 19.3 Å². The van der Waals surface area contributed by atoms with Crippen molar-refractivity contribution >= 4 is 17.9 Å². The lowest BCUT2D eigenvalue weighted by atomic mass is 10.0. The van der Waals surface area contributed by atoms with Crippen molar-refractivity contribution in [3.63, 3.8) is 0 Å². The molecule has 6 nitrogen and oxygen atoms in total. The fourth-order valence-electron chi connectivity index (χ4n) is 9.57. The second kappa shape index (κ2) is 58.7. The van der Waals surface area contributed by atoms with Gasteiger partial charge >= 0.3 is 17.9 Å². The summed E-state index contributed by atoms with van der Waals surface area (Å²) < 4.78 is 16.8. The molecule has 0 heterocycles. The quantitative estimate of drug-likeness (QED) is 0.0261. The zero-order chi connectivity index (χ0) is 50.0. The molecule has 0 bridgehead atoms. The Morgan fingerprint density at radius 2 is 0.507 bits per heavy atom. The van der Waals surface area contributed by atoms with Gasteiger partial charge in [-0.25, -0.2) is 0 Å². The van der Waals surface area contributed by atoms with E-state index in [0.717, 1.165) is 70.6 Å². The second-order valence-electron chi connectivity index (χ2n) is 21.3. The minimum atomic E-state index is -0.766. The molecule has 0 aliphatic rings. The average Bonchev–Trinajstić information content (AvgIpc) is 3.35. The summed E-state index contributed by atoms with van der Waals surface area (Å²) in [6.07, 6.45) is 68.3. The molecule has 408 valence electrons. The van der Waals surface area contributed by atoms with Crippen LogP contribution >= 0.6 is 0 Å². The molecule has 0 aliphatic heterocycles. The fourth-order valence-corrected chi connectivity index (χ4v) is 9.57. The molecular formula is C63H120O6. The maximum Gasteiger partial charge on any atom is 0.306 e. The molecule has 0 rings (SSSR count). The number of hydrogen-bond donors (Lipinski definition) is 0. The van der Waals surface area contributed by atoms with Crippen molar-refractivity contribution in [1.82, 2.24) is 0 Å². The first-order valence-electron chi connectivity index (χ1n) is 31.2. The zero-order valence-corrected chi connectivity index (χ0v) is 46.9. The largest absolute Gasteiger partial charge is 0.462 e. The molecule has 0 fully saturated rings. The number of carbonyl (C=O) groups excluding carboxylic acids is 3. The van der Waals surface area contributed by atoms with Crippen LogP contribution in [0.3, 0.4) is 0 Å². The second-order valence-corrected chi connectivity index (χ2v) is 21.3. The molecule has 0 aromatic rings. The third-order valence-corrected chi connectivity index (χ3v) is 14.3. The Labute approximate surface area is 431 Å². The Kier molecular flexibility index (Phi) is 57.1. The third-order valence-electron chi connectivity index (χ3n) is 14.3. The molecule has 0 saturated heterocycles. The monoisotopic (exact) mass is 973 g/mol. The van der Waals surface area contributed by atoms with Crippen LogP contribution in [-0.4, -0.2) is 37.2 Å². The van der Waals surface area contributed by atoms with Gasteiger partial charge in [0.05, 0.1) is 0 Å². The summed E-state index contributed by atoms with van der Waals surface area (Å²) in [6, 6.07) is 0. The molecule has 0 N–H and O–H groups in total. The van der Waals surface area contributed by atoms with E-state index < -0.39 is 6.10 Å². The van der Waals surface area contributed by atoms with Gasteiger partial charge in [0.2, 0.25) is 0 Å². The Balaban J connectivity index is 3.98. The first-order chi connectivity index (χ1) is 34.0. The predicted molar refractivity (Wildman–Crippen MR) is 298 cm³/mol. The highest BCUT2D eigenvalue weighted by atomic mass is 16.6. The van der Waals surface area contributed by atoms with E-state index in [4.69, 9.17) is 14.2 Å². The molecule has 0 spiro atoms. The lowest BCUT2D eigenvalue weighted by molar-refractivity contribution is -0.167. The Morgan fingerprint density at radius 3 is 0.783 bits per heavy atom. The van der Waals surface area contributed by atoms with Gasteiger partial charge in [-0.3, -0.25) is 14.4 Å². The number of allylic oxidation sites excluding steroid dienone is 2. The SMILES string of the molecule is CCC/C=C\CCCCCCCC(=O)OCC(COC(=O)CCCCCCCCCCCCCCCCCCCCCCCCCCCCCCCC)OC(=O)CCCCCCCCCCCCC. The molecule has 1 atom stereocenters.